The Kier molecular flexibility index (Phi) is 2.40. The third-order valence-corrected chi connectivity index (χ3v) is 4.19. The van der Waals surface area contributed by atoms with Gasteiger partial charge in [0.15, 0.2) is 0 Å². The molecule has 0 radical (unpaired) electrons. The Balaban J connectivity index is 1.96. The van der Waals surface area contributed by atoms with Crippen molar-refractivity contribution in [3.8, 4) is 0 Å². The molecule has 0 spiro atoms. The second kappa shape index (κ2) is 3.77. The fourth-order valence-corrected chi connectivity index (χ4v) is 3.37. The topological polar surface area (TPSA) is 29.3 Å². The van der Waals surface area contributed by atoms with Crippen molar-refractivity contribution in [3.05, 3.63) is 29.3 Å². The summed E-state index contributed by atoms with van der Waals surface area (Å²) in [6, 6.07) is 7.55. The molecule has 2 heterocycles. The molecule has 2 aliphatic rings. The lowest BCUT2D eigenvalue weighted by atomic mass is 9.88. The van der Waals surface area contributed by atoms with Gasteiger partial charge in [-0.15, -0.1) is 0 Å². The summed E-state index contributed by atoms with van der Waals surface area (Å²) in [5, 5.41) is 0. The first-order valence-corrected chi connectivity index (χ1v) is 6.36. The van der Waals surface area contributed by atoms with E-state index in [0.717, 1.165) is 6.54 Å². The van der Waals surface area contributed by atoms with Gasteiger partial charge in [-0.2, -0.15) is 0 Å². The molecule has 1 fully saturated rings. The van der Waals surface area contributed by atoms with Gasteiger partial charge in [0, 0.05) is 18.3 Å². The van der Waals surface area contributed by atoms with Crippen molar-refractivity contribution < 1.29 is 0 Å². The average molecular weight is 216 g/mol. The molecule has 2 heteroatoms. The molecule has 2 unspecified atom stereocenters. The van der Waals surface area contributed by atoms with Gasteiger partial charge in [-0.25, -0.2) is 0 Å². The van der Waals surface area contributed by atoms with Gasteiger partial charge in [-0.05, 0) is 50.3 Å². The van der Waals surface area contributed by atoms with Crippen molar-refractivity contribution in [2.75, 3.05) is 18.0 Å². The molecular weight excluding hydrogens is 196 g/mol. The first-order chi connectivity index (χ1) is 7.79. The molecular formula is C14H20N2. The maximum Gasteiger partial charge on any atom is 0.0402 e. The number of aryl methyl sites for hydroxylation is 1. The molecule has 1 aromatic rings. The van der Waals surface area contributed by atoms with Gasteiger partial charge in [0.1, 0.15) is 0 Å². The molecule has 2 nitrogen and oxygen atoms in total. The average Bonchev–Trinajstić information content (AvgIpc) is 2.65. The van der Waals surface area contributed by atoms with Crippen molar-refractivity contribution in [2.45, 2.75) is 32.2 Å². The number of nitrogens with two attached hydrogens (primary N) is 1. The zero-order chi connectivity index (χ0) is 11.1. The summed E-state index contributed by atoms with van der Waals surface area (Å²) in [5.74, 6) is 0.696. The molecule has 2 atom stereocenters. The summed E-state index contributed by atoms with van der Waals surface area (Å²) < 4.78 is 0. The minimum atomic E-state index is 0.676. The van der Waals surface area contributed by atoms with Crippen LogP contribution in [0.15, 0.2) is 18.2 Å². The van der Waals surface area contributed by atoms with E-state index in [2.05, 4.69) is 30.0 Å². The van der Waals surface area contributed by atoms with Crippen LogP contribution in [-0.4, -0.2) is 19.1 Å². The number of nitrogens with zero attached hydrogens (tertiary/aromatic N) is 1. The summed E-state index contributed by atoms with van der Waals surface area (Å²) in [5.41, 5.74) is 10.3. The van der Waals surface area contributed by atoms with Crippen LogP contribution in [0.2, 0.25) is 0 Å². The highest BCUT2D eigenvalue weighted by molar-refractivity contribution is 5.61. The summed E-state index contributed by atoms with van der Waals surface area (Å²) >= 11 is 0. The van der Waals surface area contributed by atoms with Gasteiger partial charge < -0.3 is 10.6 Å². The third kappa shape index (κ3) is 1.44. The van der Waals surface area contributed by atoms with Crippen LogP contribution in [0.1, 0.15) is 24.0 Å². The van der Waals surface area contributed by atoms with Crippen LogP contribution in [0.4, 0.5) is 5.69 Å². The van der Waals surface area contributed by atoms with Crippen LogP contribution in [0, 0.1) is 12.8 Å². The standard InChI is InChI=1S/C14H20N2/c1-10-4-5-13-12(7-10)8-14-11(9-15)3-2-6-16(13)14/h4-5,7,11,14H,2-3,6,8-9,15H2,1H3. The number of benzene rings is 1. The largest absolute Gasteiger partial charge is 0.368 e. The highest BCUT2D eigenvalue weighted by atomic mass is 15.2. The Morgan fingerprint density at radius 2 is 2.31 bits per heavy atom. The van der Waals surface area contributed by atoms with Gasteiger partial charge in [0.2, 0.25) is 0 Å². The zero-order valence-electron chi connectivity index (χ0n) is 9.95. The van der Waals surface area contributed by atoms with E-state index in [0.29, 0.717) is 12.0 Å². The van der Waals surface area contributed by atoms with Gasteiger partial charge >= 0.3 is 0 Å². The van der Waals surface area contributed by atoms with E-state index in [1.165, 1.54) is 42.6 Å². The van der Waals surface area contributed by atoms with Gasteiger partial charge in [0.05, 0.1) is 0 Å². The number of piperidine rings is 1. The minimum Gasteiger partial charge on any atom is -0.368 e. The summed E-state index contributed by atoms with van der Waals surface area (Å²) in [7, 11) is 0. The Labute approximate surface area is 97.4 Å². The molecule has 2 N–H and O–H groups in total. The second-order valence-corrected chi connectivity index (χ2v) is 5.24. The molecule has 0 aromatic heterocycles. The Morgan fingerprint density at radius 3 is 3.12 bits per heavy atom. The van der Waals surface area contributed by atoms with E-state index >= 15 is 0 Å². The summed E-state index contributed by atoms with van der Waals surface area (Å²) in [4.78, 5) is 2.59. The molecule has 0 saturated carbocycles. The van der Waals surface area contributed by atoms with Crippen LogP contribution in [-0.2, 0) is 6.42 Å². The molecule has 86 valence electrons. The SMILES string of the molecule is Cc1ccc2c(c1)CC1C(CN)CCCN21. The number of rotatable bonds is 1. The van der Waals surface area contributed by atoms with Crippen LogP contribution < -0.4 is 10.6 Å². The molecule has 0 aliphatic carbocycles. The highest BCUT2D eigenvalue weighted by Gasteiger charge is 2.36. The first kappa shape index (κ1) is 10.2. The molecule has 1 saturated heterocycles. The predicted molar refractivity (Wildman–Crippen MR) is 67.8 cm³/mol. The van der Waals surface area contributed by atoms with Gasteiger partial charge in [-0.1, -0.05) is 17.7 Å². The highest BCUT2D eigenvalue weighted by Crippen LogP contribution is 2.39. The van der Waals surface area contributed by atoms with Crippen LogP contribution in [0.25, 0.3) is 0 Å². The maximum absolute atomic E-state index is 5.90. The van der Waals surface area contributed by atoms with Crippen molar-refractivity contribution >= 4 is 5.69 Å². The Hall–Kier alpha value is -1.02. The molecule has 1 aromatic carbocycles. The van der Waals surface area contributed by atoms with E-state index in [1.54, 1.807) is 0 Å². The number of hydrogen-bond donors (Lipinski definition) is 1. The molecule has 3 rings (SSSR count). The lowest BCUT2D eigenvalue weighted by molar-refractivity contribution is 0.339. The maximum atomic E-state index is 5.90. The Bertz CT molecular complexity index is 400. The minimum absolute atomic E-state index is 0.676. The van der Waals surface area contributed by atoms with Crippen molar-refractivity contribution in [3.63, 3.8) is 0 Å². The van der Waals surface area contributed by atoms with Crippen LogP contribution in [0.5, 0.6) is 0 Å². The second-order valence-electron chi connectivity index (χ2n) is 5.24. The van der Waals surface area contributed by atoms with E-state index in [4.69, 9.17) is 5.73 Å². The van der Waals surface area contributed by atoms with Crippen molar-refractivity contribution in [2.24, 2.45) is 11.7 Å². The molecule has 0 amide bonds. The number of anilines is 1. The van der Waals surface area contributed by atoms with Gasteiger partial charge in [0.25, 0.3) is 0 Å². The molecule has 2 aliphatic heterocycles. The number of fused-ring (bicyclic) bond motifs is 3. The first-order valence-electron chi connectivity index (χ1n) is 6.36. The van der Waals surface area contributed by atoms with Crippen molar-refractivity contribution in [1.29, 1.82) is 0 Å². The lowest BCUT2D eigenvalue weighted by Crippen LogP contribution is -2.45. The fraction of sp³-hybridized carbons (Fsp3) is 0.571. The van der Waals surface area contributed by atoms with E-state index in [1.807, 2.05) is 0 Å². The normalized spacial score (nSPS) is 27.8. The van der Waals surface area contributed by atoms with E-state index in [9.17, 15) is 0 Å². The van der Waals surface area contributed by atoms with Crippen molar-refractivity contribution in [1.82, 2.24) is 0 Å². The van der Waals surface area contributed by atoms with E-state index in [-0.39, 0.29) is 0 Å². The molecule has 0 bridgehead atoms. The van der Waals surface area contributed by atoms with E-state index < -0.39 is 0 Å². The van der Waals surface area contributed by atoms with Gasteiger partial charge in [-0.3, -0.25) is 0 Å². The van der Waals surface area contributed by atoms with Crippen LogP contribution >= 0.6 is 0 Å². The fourth-order valence-electron chi connectivity index (χ4n) is 3.37. The smallest absolute Gasteiger partial charge is 0.0402 e. The lowest BCUT2D eigenvalue weighted by Gasteiger charge is -2.38. The zero-order valence-corrected chi connectivity index (χ0v) is 9.95. The third-order valence-electron chi connectivity index (χ3n) is 4.19. The number of hydrogen-bond acceptors (Lipinski definition) is 2. The molecule has 16 heavy (non-hydrogen) atoms. The summed E-state index contributed by atoms with van der Waals surface area (Å²) in [6.45, 7) is 4.24. The predicted octanol–water partition coefficient (Wildman–Crippen LogP) is 2.09. The summed E-state index contributed by atoms with van der Waals surface area (Å²) in [6.07, 6.45) is 3.81. The monoisotopic (exact) mass is 216 g/mol. The quantitative estimate of drug-likeness (QED) is 0.779. The Morgan fingerprint density at radius 1 is 1.44 bits per heavy atom. The van der Waals surface area contributed by atoms with Crippen LogP contribution in [0.3, 0.4) is 0 Å².